The number of hydrogen-bond donors (Lipinski definition) is 2. The summed E-state index contributed by atoms with van der Waals surface area (Å²) in [4.78, 5) is 0. The third-order valence-corrected chi connectivity index (χ3v) is 3.12. The van der Waals surface area contributed by atoms with Crippen LogP contribution in [0.15, 0.2) is 18.2 Å². The number of rotatable bonds is 7. The van der Waals surface area contributed by atoms with E-state index in [2.05, 4.69) is 25.2 Å². The van der Waals surface area contributed by atoms with E-state index in [0.717, 1.165) is 24.3 Å². The minimum absolute atomic E-state index is 0.0504. The van der Waals surface area contributed by atoms with Crippen molar-refractivity contribution in [2.45, 2.75) is 26.8 Å². The molecular weight excluding hydrogens is 240 g/mol. The van der Waals surface area contributed by atoms with E-state index in [1.54, 1.807) is 13.2 Å². The summed E-state index contributed by atoms with van der Waals surface area (Å²) < 4.78 is 5.29. The Kier molecular flexibility index (Phi) is 5.81. The van der Waals surface area contributed by atoms with Crippen molar-refractivity contribution in [2.75, 3.05) is 20.3 Å². The maximum atomic E-state index is 8.98. The molecule has 0 unspecified atom stereocenters. The van der Waals surface area contributed by atoms with E-state index in [4.69, 9.17) is 15.1 Å². The Morgan fingerprint density at radius 3 is 2.74 bits per heavy atom. The van der Waals surface area contributed by atoms with Gasteiger partial charge >= 0.3 is 0 Å². The second-order valence-corrected chi connectivity index (χ2v) is 5.38. The summed E-state index contributed by atoms with van der Waals surface area (Å²) in [6.45, 7) is 5.86. The van der Waals surface area contributed by atoms with Crippen LogP contribution in [0, 0.1) is 16.7 Å². The van der Waals surface area contributed by atoms with Crippen LogP contribution in [0.5, 0.6) is 5.75 Å². The number of ether oxygens (including phenoxy) is 1. The summed E-state index contributed by atoms with van der Waals surface area (Å²) >= 11 is 0. The first-order chi connectivity index (χ1) is 9.02. The van der Waals surface area contributed by atoms with Crippen molar-refractivity contribution in [1.82, 2.24) is 5.32 Å². The third-order valence-electron chi connectivity index (χ3n) is 3.12. The zero-order valence-electron chi connectivity index (χ0n) is 11.9. The number of nitriles is 1. The van der Waals surface area contributed by atoms with E-state index in [9.17, 15) is 0 Å². The van der Waals surface area contributed by atoms with Crippen LogP contribution in [0.25, 0.3) is 0 Å². The van der Waals surface area contributed by atoms with E-state index in [1.165, 1.54) is 0 Å². The largest absolute Gasteiger partial charge is 0.496 e. The smallest absolute Gasteiger partial charge is 0.123 e. The molecule has 0 atom stereocenters. The minimum atomic E-state index is 0.0504. The number of nitrogens with zero attached hydrogens (tertiary/aromatic N) is 1. The van der Waals surface area contributed by atoms with Gasteiger partial charge in [-0.3, -0.25) is 0 Å². The molecule has 0 aromatic heterocycles. The Bertz CT molecular complexity index is 450. The molecule has 0 fully saturated rings. The van der Waals surface area contributed by atoms with Gasteiger partial charge in [-0.15, -0.1) is 0 Å². The van der Waals surface area contributed by atoms with Crippen molar-refractivity contribution in [3.63, 3.8) is 0 Å². The molecule has 104 valence electrons. The molecule has 0 bridgehead atoms. The van der Waals surface area contributed by atoms with Crippen LogP contribution in [-0.4, -0.2) is 25.4 Å². The molecule has 0 aliphatic rings. The van der Waals surface area contributed by atoms with E-state index in [1.807, 2.05) is 12.1 Å². The first-order valence-corrected chi connectivity index (χ1v) is 6.41. The van der Waals surface area contributed by atoms with Crippen molar-refractivity contribution in [1.29, 1.82) is 5.26 Å². The normalized spacial score (nSPS) is 11.1. The average Bonchev–Trinajstić information content (AvgIpc) is 2.38. The van der Waals surface area contributed by atoms with Gasteiger partial charge in [-0.05, 0) is 30.0 Å². The average molecular weight is 262 g/mol. The third kappa shape index (κ3) is 4.90. The second kappa shape index (κ2) is 7.13. The molecule has 4 nitrogen and oxygen atoms in total. The molecule has 0 radical (unpaired) electrons. The van der Waals surface area contributed by atoms with Crippen LogP contribution in [0.1, 0.15) is 31.4 Å². The minimum Gasteiger partial charge on any atom is -0.496 e. The fourth-order valence-corrected chi connectivity index (χ4v) is 1.91. The van der Waals surface area contributed by atoms with Crippen LogP contribution in [-0.2, 0) is 6.54 Å². The first-order valence-electron chi connectivity index (χ1n) is 6.41. The monoisotopic (exact) mass is 262 g/mol. The maximum absolute atomic E-state index is 8.98. The van der Waals surface area contributed by atoms with Crippen LogP contribution in [0.3, 0.4) is 0 Å². The number of nitrogens with one attached hydrogen (secondary N) is 1. The SMILES string of the molecule is COc1ccc(C#N)cc1CNCC(C)(C)CCO. The lowest BCUT2D eigenvalue weighted by Crippen LogP contribution is -2.30. The van der Waals surface area contributed by atoms with E-state index in [0.29, 0.717) is 12.1 Å². The molecule has 19 heavy (non-hydrogen) atoms. The quantitative estimate of drug-likeness (QED) is 0.789. The van der Waals surface area contributed by atoms with Crippen molar-refractivity contribution in [3.8, 4) is 11.8 Å². The van der Waals surface area contributed by atoms with Crippen LogP contribution in [0.2, 0.25) is 0 Å². The zero-order valence-corrected chi connectivity index (χ0v) is 11.9. The molecule has 0 saturated heterocycles. The van der Waals surface area contributed by atoms with Crippen LogP contribution >= 0.6 is 0 Å². The summed E-state index contributed by atoms with van der Waals surface area (Å²) in [5, 5.41) is 21.2. The number of benzene rings is 1. The first kappa shape index (κ1) is 15.5. The summed E-state index contributed by atoms with van der Waals surface area (Å²) in [6.07, 6.45) is 0.759. The molecule has 0 amide bonds. The van der Waals surface area contributed by atoms with Gasteiger partial charge in [-0.2, -0.15) is 5.26 Å². The van der Waals surface area contributed by atoms with E-state index < -0.39 is 0 Å². The fraction of sp³-hybridized carbons (Fsp3) is 0.533. The van der Waals surface area contributed by atoms with Gasteiger partial charge in [0.15, 0.2) is 0 Å². The van der Waals surface area contributed by atoms with Crippen molar-refractivity contribution < 1.29 is 9.84 Å². The Balaban J connectivity index is 2.64. The number of hydrogen-bond acceptors (Lipinski definition) is 4. The van der Waals surface area contributed by atoms with Crippen molar-refractivity contribution in [3.05, 3.63) is 29.3 Å². The number of methoxy groups -OCH3 is 1. The predicted octanol–water partition coefficient (Wildman–Crippen LogP) is 2.07. The van der Waals surface area contributed by atoms with Gasteiger partial charge in [-0.25, -0.2) is 0 Å². The van der Waals surface area contributed by atoms with Gasteiger partial charge < -0.3 is 15.2 Å². The molecule has 0 spiro atoms. The van der Waals surface area contributed by atoms with E-state index >= 15 is 0 Å². The highest BCUT2D eigenvalue weighted by Gasteiger charge is 2.16. The summed E-state index contributed by atoms with van der Waals surface area (Å²) in [5.41, 5.74) is 1.66. The standard InChI is InChI=1S/C15H22N2O2/c1-15(2,6-7-18)11-17-10-13-8-12(9-16)4-5-14(13)19-3/h4-5,8,17-18H,6-7,10-11H2,1-3H3. The molecule has 0 heterocycles. The summed E-state index contributed by atoms with van der Waals surface area (Å²) in [7, 11) is 1.63. The van der Waals surface area contributed by atoms with Crippen LogP contribution in [0.4, 0.5) is 0 Å². The summed E-state index contributed by atoms with van der Waals surface area (Å²) in [6, 6.07) is 7.53. The molecule has 1 rings (SSSR count). The van der Waals surface area contributed by atoms with Gasteiger partial charge in [0, 0.05) is 25.3 Å². The fourth-order valence-electron chi connectivity index (χ4n) is 1.91. The molecule has 2 N–H and O–H groups in total. The lowest BCUT2D eigenvalue weighted by molar-refractivity contribution is 0.207. The molecule has 1 aromatic rings. The number of aliphatic hydroxyl groups excluding tert-OH is 1. The summed E-state index contributed by atoms with van der Waals surface area (Å²) in [5.74, 6) is 0.784. The highest BCUT2D eigenvalue weighted by Crippen LogP contribution is 2.21. The molecular formula is C15H22N2O2. The molecule has 0 aliphatic heterocycles. The Hall–Kier alpha value is -1.57. The maximum Gasteiger partial charge on any atom is 0.123 e. The van der Waals surface area contributed by atoms with Gasteiger partial charge in [-0.1, -0.05) is 13.8 Å². The van der Waals surface area contributed by atoms with Gasteiger partial charge in [0.05, 0.1) is 18.7 Å². The van der Waals surface area contributed by atoms with Gasteiger partial charge in [0.1, 0.15) is 5.75 Å². The number of aliphatic hydroxyl groups is 1. The van der Waals surface area contributed by atoms with Crippen LogP contribution < -0.4 is 10.1 Å². The highest BCUT2D eigenvalue weighted by molar-refractivity contribution is 5.41. The molecule has 0 aliphatic carbocycles. The van der Waals surface area contributed by atoms with E-state index in [-0.39, 0.29) is 12.0 Å². The van der Waals surface area contributed by atoms with Gasteiger partial charge in [0.2, 0.25) is 0 Å². The zero-order chi connectivity index (χ0) is 14.3. The second-order valence-electron chi connectivity index (χ2n) is 5.38. The van der Waals surface area contributed by atoms with Gasteiger partial charge in [0.25, 0.3) is 0 Å². The Morgan fingerprint density at radius 1 is 1.42 bits per heavy atom. The molecule has 1 aromatic carbocycles. The van der Waals surface area contributed by atoms with Crippen molar-refractivity contribution in [2.24, 2.45) is 5.41 Å². The topological polar surface area (TPSA) is 65.3 Å². The Labute approximate surface area is 115 Å². The Morgan fingerprint density at radius 2 is 2.16 bits per heavy atom. The predicted molar refractivity (Wildman–Crippen MR) is 74.9 cm³/mol. The van der Waals surface area contributed by atoms with Crippen molar-refractivity contribution >= 4 is 0 Å². The lowest BCUT2D eigenvalue weighted by atomic mass is 9.90. The lowest BCUT2D eigenvalue weighted by Gasteiger charge is -2.24. The molecule has 0 saturated carbocycles. The molecule has 4 heteroatoms. The highest BCUT2D eigenvalue weighted by atomic mass is 16.5.